The van der Waals surface area contributed by atoms with E-state index < -0.39 is 6.10 Å². The number of aliphatic hydroxyl groups excluding tert-OH is 2. The number of aliphatic hydroxyl groups is 2. The highest BCUT2D eigenvalue weighted by molar-refractivity contribution is 5.01. The second-order valence-electron chi connectivity index (χ2n) is 5.40. The van der Waals surface area contributed by atoms with Crippen molar-refractivity contribution < 1.29 is 14.9 Å². The molecule has 15 heavy (non-hydrogen) atoms. The number of nitrogens with one attached hydrogen (secondary N) is 1. The summed E-state index contributed by atoms with van der Waals surface area (Å²) < 4.78 is 5.46. The van der Waals surface area contributed by atoms with Crippen LogP contribution in [0.25, 0.3) is 0 Å². The van der Waals surface area contributed by atoms with E-state index in [4.69, 9.17) is 9.84 Å². The smallest absolute Gasteiger partial charge is 0.0898 e. The molecule has 0 amide bonds. The van der Waals surface area contributed by atoms with E-state index in [-0.39, 0.29) is 17.7 Å². The molecule has 90 valence electrons. The summed E-state index contributed by atoms with van der Waals surface area (Å²) >= 11 is 0. The fourth-order valence-electron chi connectivity index (χ4n) is 1.28. The first-order chi connectivity index (χ1) is 6.87. The van der Waals surface area contributed by atoms with E-state index >= 15 is 0 Å². The van der Waals surface area contributed by atoms with Crippen molar-refractivity contribution in [1.82, 2.24) is 5.32 Å². The molecule has 0 aromatic heterocycles. The van der Waals surface area contributed by atoms with Gasteiger partial charge in [0.25, 0.3) is 0 Å². The van der Waals surface area contributed by atoms with Crippen LogP contribution in [0.4, 0.5) is 0 Å². The maximum atomic E-state index is 9.63. The Hall–Kier alpha value is -0.160. The Bertz CT molecular complexity index is 196. The van der Waals surface area contributed by atoms with Crippen LogP contribution >= 0.6 is 0 Å². The molecule has 0 heterocycles. The Morgan fingerprint density at radius 1 is 1.40 bits per heavy atom. The van der Waals surface area contributed by atoms with Gasteiger partial charge in [-0.15, -0.1) is 0 Å². The fraction of sp³-hybridized carbons (Fsp3) is 1.00. The topological polar surface area (TPSA) is 61.7 Å². The van der Waals surface area contributed by atoms with Crippen LogP contribution in [0.5, 0.6) is 0 Å². The quantitative estimate of drug-likeness (QED) is 0.598. The first-order valence-corrected chi connectivity index (χ1v) is 5.55. The Morgan fingerprint density at radius 2 is 2.00 bits per heavy atom. The lowest BCUT2D eigenvalue weighted by Gasteiger charge is -2.23. The molecule has 0 spiro atoms. The van der Waals surface area contributed by atoms with Crippen LogP contribution in [0.1, 0.15) is 33.6 Å². The molecule has 0 bridgehead atoms. The van der Waals surface area contributed by atoms with Gasteiger partial charge in [-0.1, -0.05) is 0 Å². The largest absolute Gasteiger partial charge is 0.394 e. The number of rotatable bonds is 6. The summed E-state index contributed by atoms with van der Waals surface area (Å²) in [4.78, 5) is 0. The van der Waals surface area contributed by atoms with Crippen molar-refractivity contribution in [1.29, 1.82) is 0 Å². The minimum atomic E-state index is -0.506. The molecular weight excluding hydrogens is 194 g/mol. The van der Waals surface area contributed by atoms with Crippen LogP contribution in [0.2, 0.25) is 0 Å². The van der Waals surface area contributed by atoms with Crippen LogP contribution in [0.15, 0.2) is 0 Å². The van der Waals surface area contributed by atoms with E-state index in [2.05, 4.69) is 5.32 Å². The second-order valence-corrected chi connectivity index (χ2v) is 5.40. The van der Waals surface area contributed by atoms with Crippen LogP contribution in [-0.2, 0) is 4.74 Å². The maximum absolute atomic E-state index is 9.63. The SMILES string of the molecule is CC(C)(C)OCC(O)CNC1(CO)CC1. The van der Waals surface area contributed by atoms with Crippen LogP contribution < -0.4 is 5.32 Å². The highest BCUT2D eigenvalue weighted by Gasteiger charge is 2.41. The van der Waals surface area contributed by atoms with Crippen LogP contribution in [-0.4, -0.2) is 47.2 Å². The van der Waals surface area contributed by atoms with Crippen molar-refractivity contribution in [3.8, 4) is 0 Å². The lowest BCUT2D eigenvalue weighted by atomic mass is 10.2. The highest BCUT2D eigenvalue weighted by atomic mass is 16.5. The van der Waals surface area contributed by atoms with Crippen molar-refractivity contribution in [2.24, 2.45) is 0 Å². The van der Waals surface area contributed by atoms with E-state index in [9.17, 15) is 5.11 Å². The molecule has 4 nitrogen and oxygen atoms in total. The second kappa shape index (κ2) is 4.78. The Morgan fingerprint density at radius 3 is 2.40 bits per heavy atom. The summed E-state index contributed by atoms with van der Waals surface area (Å²) in [7, 11) is 0. The zero-order chi connectivity index (χ0) is 11.5. The van der Waals surface area contributed by atoms with Crippen LogP contribution in [0.3, 0.4) is 0 Å². The molecule has 0 aromatic rings. The van der Waals surface area contributed by atoms with Gasteiger partial charge in [0.2, 0.25) is 0 Å². The minimum Gasteiger partial charge on any atom is -0.394 e. The summed E-state index contributed by atoms with van der Waals surface area (Å²) in [6, 6.07) is 0. The molecule has 1 rings (SSSR count). The lowest BCUT2D eigenvalue weighted by molar-refractivity contribution is -0.0489. The molecule has 1 saturated carbocycles. The lowest BCUT2D eigenvalue weighted by Crippen LogP contribution is -2.42. The zero-order valence-corrected chi connectivity index (χ0v) is 9.92. The molecule has 1 aliphatic rings. The molecule has 0 radical (unpaired) electrons. The maximum Gasteiger partial charge on any atom is 0.0898 e. The number of hydrogen-bond acceptors (Lipinski definition) is 4. The molecule has 1 aliphatic carbocycles. The summed E-state index contributed by atoms with van der Waals surface area (Å²) in [5, 5.41) is 21.9. The Labute approximate surface area is 91.6 Å². The van der Waals surface area contributed by atoms with Gasteiger partial charge in [-0.05, 0) is 33.6 Å². The van der Waals surface area contributed by atoms with Crippen molar-refractivity contribution in [3.05, 3.63) is 0 Å². The first kappa shape index (κ1) is 12.9. The van der Waals surface area contributed by atoms with Crippen molar-refractivity contribution in [2.75, 3.05) is 19.8 Å². The van der Waals surface area contributed by atoms with Gasteiger partial charge in [0, 0.05) is 12.1 Å². The predicted molar refractivity (Wildman–Crippen MR) is 58.8 cm³/mol. The fourth-order valence-corrected chi connectivity index (χ4v) is 1.28. The highest BCUT2D eigenvalue weighted by Crippen LogP contribution is 2.34. The zero-order valence-electron chi connectivity index (χ0n) is 9.92. The molecular formula is C11H23NO3. The van der Waals surface area contributed by atoms with Crippen molar-refractivity contribution in [3.63, 3.8) is 0 Å². The first-order valence-electron chi connectivity index (χ1n) is 5.55. The van der Waals surface area contributed by atoms with E-state index in [1.54, 1.807) is 0 Å². The molecule has 0 aliphatic heterocycles. The van der Waals surface area contributed by atoms with Gasteiger partial charge in [0.15, 0.2) is 0 Å². The minimum absolute atomic E-state index is 0.108. The molecule has 1 atom stereocenters. The van der Waals surface area contributed by atoms with Gasteiger partial charge in [-0.3, -0.25) is 0 Å². The molecule has 1 fully saturated rings. The van der Waals surface area contributed by atoms with E-state index in [1.165, 1.54) is 0 Å². The summed E-state index contributed by atoms with van der Waals surface area (Å²) in [6.45, 7) is 6.85. The van der Waals surface area contributed by atoms with Crippen molar-refractivity contribution >= 4 is 0 Å². The van der Waals surface area contributed by atoms with E-state index in [0.29, 0.717) is 13.2 Å². The Balaban J connectivity index is 2.11. The third kappa shape index (κ3) is 4.93. The van der Waals surface area contributed by atoms with Gasteiger partial charge >= 0.3 is 0 Å². The average molecular weight is 217 g/mol. The summed E-state index contributed by atoms with van der Waals surface area (Å²) in [6.07, 6.45) is 1.49. The third-order valence-corrected chi connectivity index (χ3v) is 2.58. The number of ether oxygens (including phenoxy) is 1. The molecule has 0 aromatic carbocycles. The average Bonchev–Trinajstić information content (AvgIpc) is 2.91. The van der Waals surface area contributed by atoms with E-state index in [0.717, 1.165) is 12.8 Å². The predicted octanol–water partition coefficient (Wildman–Crippen LogP) is 0.277. The summed E-state index contributed by atoms with van der Waals surface area (Å²) in [5.74, 6) is 0. The molecule has 3 N–H and O–H groups in total. The molecule has 1 unspecified atom stereocenters. The number of β-amino-alcohol motifs (C(OH)–C–C–N with tert-alkyl or cyclic N) is 1. The Kier molecular flexibility index (Phi) is 4.12. The monoisotopic (exact) mass is 217 g/mol. The molecule has 4 heteroatoms. The van der Waals surface area contributed by atoms with Gasteiger partial charge in [0.05, 0.1) is 24.9 Å². The van der Waals surface area contributed by atoms with Gasteiger partial charge in [-0.2, -0.15) is 0 Å². The van der Waals surface area contributed by atoms with Gasteiger partial charge < -0.3 is 20.3 Å². The standard InChI is InChI=1S/C11H23NO3/c1-10(2,3)15-7-9(14)6-12-11(8-13)4-5-11/h9,12-14H,4-8H2,1-3H3. The van der Waals surface area contributed by atoms with Gasteiger partial charge in [0.1, 0.15) is 0 Å². The van der Waals surface area contributed by atoms with Crippen LogP contribution in [0, 0.1) is 0 Å². The summed E-state index contributed by atoms with van der Waals surface area (Å²) in [5.41, 5.74) is -0.321. The number of hydrogen-bond donors (Lipinski definition) is 3. The third-order valence-electron chi connectivity index (χ3n) is 2.58. The normalized spacial score (nSPS) is 21.4. The molecule has 0 saturated heterocycles. The van der Waals surface area contributed by atoms with E-state index in [1.807, 2.05) is 20.8 Å². The van der Waals surface area contributed by atoms with Crippen molar-refractivity contribution in [2.45, 2.75) is 50.9 Å². The van der Waals surface area contributed by atoms with Gasteiger partial charge in [-0.25, -0.2) is 0 Å².